The summed E-state index contributed by atoms with van der Waals surface area (Å²) in [4.78, 5) is 28.9. The Morgan fingerprint density at radius 3 is 2.03 bits per heavy atom. The minimum Gasteiger partial charge on any atom is -0.479 e. The molecule has 5 rings (SSSR count). The number of nitro benzene ring substituents is 1. The molecule has 0 aromatic heterocycles. The lowest BCUT2D eigenvalue weighted by molar-refractivity contribution is -0.384. The number of nitro groups is 1. The molecule has 0 fully saturated rings. The van der Waals surface area contributed by atoms with E-state index in [-0.39, 0.29) is 23.8 Å². The molecule has 0 N–H and O–H groups in total. The van der Waals surface area contributed by atoms with Crippen molar-refractivity contribution in [2.24, 2.45) is 0 Å². The number of benzene rings is 4. The van der Waals surface area contributed by atoms with Crippen molar-refractivity contribution < 1.29 is 14.5 Å². The number of amides is 1. The molecule has 4 aromatic rings. The van der Waals surface area contributed by atoms with E-state index >= 15 is 0 Å². The van der Waals surface area contributed by atoms with Crippen LogP contribution in [0, 0.1) is 21.4 Å². The third-order valence-electron chi connectivity index (χ3n) is 6.46. The van der Waals surface area contributed by atoms with Gasteiger partial charge in [0, 0.05) is 25.2 Å². The number of rotatable bonds is 8. The fourth-order valence-corrected chi connectivity index (χ4v) is 4.73. The van der Waals surface area contributed by atoms with E-state index in [2.05, 4.69) is 4.90 Å². The number of hydrogen-bond donors (Lipinski definition) is 0. The smallest absolute Gasteiger partial charge is 0.270 e. The van der Waals surface area contributed by atoms with Crippen LogP contribution < -0.4 is 9.64 Å². The van der Waals surface area contributed by atoms with Gasteiger partial charge in [0.2, 0.25) is 0 Å². The van der Waals surface area contributed by atoms with Gasteiger partial charge in [-0.25, -0.2) is 0 Å². The normalized spacial score (nSPS) is 14.5. The van der Waals surface area contributed by atoms with Crippen LogP contribution in [0.3, 0.4) is 0 Å². The Labute approximate surface area is 220 Å². The van der Waals surface area contributed by atoms with E-state index in [1.165, 1.54) is 12.1 Å². The van der Waals surface area contributed by atoms with Crippen molar-refractivity contribution in [1.82, 2.24) is 4.90 Å². The Morgan fingerprint density at radius 2 is 1.45 bits per heavy atom. The number of nitrogens with zero attached hydrogens (tertiary/aromatic N) is 4. The monoisotopic (exact) mass is 504 g/mol. The highest BCUT2D eigenvalue weighted by Crippen LogP contribution is 2.42. The van der Waals surface area contributed by atoms with Gasteiger partial charge >= 0.3 is 0 Å². The molecule has 4 aromatic carbocycles. The number of anilines is 1. The molecule has 188 valence electrons. The van der Waals surface area contributed by atoms with Crippen LogP contribution in [-0.2, 0) is 13.1 Å². The van der Waals surface area contributed by atoms with Crippen molar-refractivity contribution in [2.45, 2.75) is 19.3 Å². The Bertz CT molecular complexity index is 1480. The van der Waals surface area contributed by atoms with E-state index in [4.69, 9.17) is 10.00 Å². The summed E-state index contributed by atoms with van der Waals surface area (Å²) in [5.41, 5.74) is 3.60. The van der Waals surface area contributed by atoms with Crippen molar-refractivity contribution in [1.29, 1.82) is 5.26 Å². The Hall–Kier alpha value is -5.16. The summed E-state index contributed by atoms with van der Waals surface area (Å²) in [5, 5.41) is 20.4. The second-order valence-electron chi connectivity index (χ2n) is 8.88. The zero-order valence-electron chi connectivity index (χ0n) is 20.4. The van der Waals surface area contributed by atoms with Gasteiger partial charge in [-0.2, -0.15) is 5.26 Å². The predicted molar refractivity (Wildman–Crippen MR) is 142 cm³/mol. The molecule has 0 saturated heterocycles. The van der Waals surface area contributed by atoms with E-state index < -0.39 is 11.1 Å². The molecule has 1 amide bonds. The van der Waals surface area contributed by atoms with Crippen molar-refractivity contribution >= 4 is 17.3 Å². The summed E-state index contributed by atoms with van der Waals surface area (Å²) < 4.78 is 5.44. The van der Waals surface area contributed by atoms with Gasteiger partial charge in [-0.15, -0.1) is 0 Å². The molecule has 0 aliphatic carbocycles. The first-order chi connectivity index (χ1) is 18.5. The van der Waals surface area contributed by atoms with Gasteiger partial charge in [0.1, 0.15) is 18.0 Å². The summed E-state index contributed by atoms with van der Waals surface area (Å²) in [6, 6.07) is 33.3. The maximum absolute atomic E-state index is 14.0. The van der Waals surface area contributed by atoms with Gasteiger partial charge in [0.15, 0.2) is 6.61 Å². The van der Waals surface area contributed by atoms with E-state index in [0.717, 1.165) is 16.7 Å². The molecule has 8 heteroatoms. The Kier molecular flexibility index (Phi) is 7.00. The zero-order valence-corrected chi connectivity index (χ0v) is 20.4. The fraction of sp³-hybridized carbons (Fsp3) is 0.133. The fourth-order valence-electron chi connectivity index (χ4n) is 4.73. The average Bonchev–Trinajstić information content (AvgIpc) is 2.95. The van der Waals surface area contributed by atoms with Crippen molar-refractivity contribution in [2.75, 3.05) is 11.5 Å². The second kappa shape index (κ2) is 10.8. The highest BCUT2D eigenvalue weighted by atomic mass is 16.6. The largest absolute Gasteiger partial charge is 0.479 e. The van der Waals surface area contributed by atoms with Crippen LogP contribution in [0.4, 0.5) is 11.4 Å². The quantitative estimate of drug-likeness (QED) is 0.220. The molecule has 8 nitrogen and oxygen atoms in total. The first-order valence-corrected chi connectivity index (χ1v) is 12.1. The van der Waals surface area contributed by atoms with E-state index in [1.807, 2.05) is 78.9 Å². The summed E-state index contributed by atoms with van der Waals surface area (Å²) in [6.07, 6.45) is -0.498. The van der Waals surface area contributed by atoms with Crippen LogP contribution >= 0.6 is 0 Å². The third-order valence-corrected chi connectivity index (χ3v) is 6.46. The minimum absolute atomic E-state index is 0.0618. The number of carbonyl (C=O) groups excluding carboxylic acids is 1. The zero-order chi connectivity index (χ0) is 26.5. The molecule has 0 unspecified atom stereocenters. The molecule has 1 heterocycles. The number of non-ortho nitro benzene ring substituents is 1. The minimum atomic E-state index is -0.498. The van der Waals surface area contributed by atoms with Gasteiger partial charge in [0.25, 0.3) is 11.6 Å². The molecule has 0 bridgehead atoms. The van der Waals surface area contributed by atoms with Gasteiger partial charge < -0.3 is 14.5 Å². The van der Waals surface area contributed by atoms with Gasteiger partial charge in [0.05, 0.1) is 16.2 Å². The van der Waals surface area contributed by atoms with Gasteiger partial charge in [-0.05, 0) is 34.9 Å². The molecule has 0 saturated carbocycles. The van der Waals surface area contributed by atoms with Crippen LogP contribution in [0.5, 0.6) is 5.75 Å². The molecule has 1 aliphatic rings. The SMILES string of the molecule is N#CCOc1ccc([C@H]2N(Cc3ccccc3)C(=O)c3cc([N+](=O)[O-])ccc3N2Cc2ccccc2)cc1. The number of ether oxygens (including phenoxy) is 1. The van der Waals surface area contributed by atoms with Gasteiger partial charge in [-0.1, -0.05) is 72.8 Å². The van der Waals surface area contributed by atoms with Crippen LogP contribution in [-0.4, -0.2) is 22.3 Å². The van der Waals surface area contributed by atoms with Crippen LogP contribution in [0.1, 0.15) is 33.2 Å². The Balaban J connectivity index is 1.65. The number of nitriles is 1. The molecule has 38 heavy (non-hydrogen) atoms. The number of hydrogen-bond acceptors (Lipinski definition) is 6. The summed E-state index contributed by atoms with van der Waals surface area (Å²) in [7, 11) is 0. The summed E-state index contributed by atoms with van der Waals surface area (Å²) in [5.74, 6) is 0.268. The average molecular weight is 505 g/mol. The highest BCUT2D eigenvalue weighted by molar-refractivity contribution is 6.02. The molecule has 1 atom stereocenters. The van der Waals surface area contributed by atoms with Crippen molar-refractivity contribution in [3.63, 3.8) is 0 Å². The molecule has 1 aliphatic heterocycles. The standard InChI is InChI=1S/C30H24N4O4/c31-17-18-38-26-14-11-24(12-15-26)29-32(20-22-7-3-1-4-8-22)28-16-13-25(34(36)37)19-27(28)30(35)33(29)21-23-9-5-2-6-10-23/h1-16,19,29H,18,20-21H2/t29-/m1/s1. The van der Waals surface area contributed by atoms with Crippen molar-refractivity contribution in [3.05, 3.63) is 135 Å². The maximum atomic E-state index is 14.0. The second-order valence-corrected chi connectivity index (χ2v) is 8.88. The molecule has 0 radical (unpaired) electrons. The van der Waals surface area contributed by atoms with Gasteiger partial charge in [-0.3, -0.25) is 14.9 Å². The van der Waals surface area contributed by atoms with Crippen LogP contribution in [0.25, 0.3) is 0 Å². The topological polar surface area (TPSA) is 99.7 Å². The lowest BCUT2D eigenvalue weighted by atomic mass is 9.98. The number of carbonyl (C=O) groups is 1. The van der Waals surface area contributed by atoms with Crippen LogP contribution in [0.15, 0.2) is 103 Å². The summed E-state index contributed by atoms with van der Waals surface area (Å²) in [6.45, 7) is 0.722. The Morgan fingerprint density at radius 1 is 0.842 bits per heavy atom. The summed E-state index contributed by atoms with van der Waals surface area (Å²) >= 11 is 0. The number of fused-ring (bicyclic) bond motifs is 1. The van der Waals surface area contributed by atoms with Crippen molar-refractivity contribution in [3.8, 4) is 11.8 Å². The predicted octanol–water partition coefficient (Wildman–Crippen LogP) is 5.86. The van der Waals surface area contributed by atoms with E-state index in [9.17, 15) is 14.9 Å². The molecular formula is C30H24N4O4. The lowest BCUT2D eigenvalue weighted by Crippen LogP contribution is -2.48. The lowest BCUT2D eigenvalue weighted by Gasteiger charge is -2.46. The molecular weight excluding hydrogens is 480 g/mol. The first-order valence-electron chi connectivity index (χ1n) is 12.1. The molecule has 0 spiro atoms. The first kappa shape index (κ1) is 24.5. The van der Waals surface area contributed by atoms with E-state index in [0.29, 0.717) is 24.5 Å². The van der Waals surface area contributed by atoms with E-state index in [1.54, 1.807) is 23.1 Å². The highest BCUT2D eigenvalue weighted by Gasteiger charge is 2.39. The maximum Gasteiger partial charge on any atom is 0.270 e. The van der Waals surface area contributed by atoms with Crippen LogP contribution in [0.2, 0.25) is 0 Å². The third kappa shape index (κ3) is 5.04.